The van der Waals surface area contributed by atoms with E-state index in [9.17, 15) is 0 Å². The lowest BCUT2D eigenvalue weighted by Gasteiger charge is -2.57. The van der Waals surface area contributed by atoms with Crippen molar-refractivity contribution in [2.75, 3.05) is 0 Å². The Morgan fingerprint density at radius 3 is 2.32 bits per heavy atom. The van der Waals surface area contributed by atoms with Crippen molar-refractivity contribution in [1.29, 1.82) is 0 Å². The summed E-state index contributed by atoms with van der Waals surface area (Å²) in [5.41, 5.74) is 8.32. The average molecular weight is 259 g/mol. The molecule has 0 spiro atoms. The van der Waals surface area contributed by atoms with Gasteiger partial charge in [0, 0.05) is 6.04 Å². The molecule has 4 fully saturated rings. The van der Waals surface area contributed by atoms with E-state index in [0.717, 1.165) is 24.2 Å². The Hall–Kier alpha value is -0.760. The predicted octanol–water partition coefficient (Wildman–Crippen LogP) is 3.76. The molecule has 1 aromatic heterocycles. The maximum absolute atomic E-state index is 6.44. The lowest BCUT2D eigenvalue weighted by Crippen LogP contribution is -2.48. The molecular weight excluding hydrogens is 234 g/mol. The Balaban J connectivity index is 1.44. The fourth-order valence-corrected chi connectivity index (χ4v) is 5.88. The summed E-state index contributed by atoms with van der Waals surface area (Å²) in [6.07, 6.45) is 14.8. The molecule has 1 unspecified atom stereocenters. The molecule has 0 aromatic carbocycles. The topological polar surface area (TPSA) is 39.2 Å². The fraction of sp³-hybridized carbons (Fsp3) is 0.765. The summed E-state index contributed by atoms with van der Waals surface area (Å²) in [6, 6.07) is 2.37. The highest BCUT2D eigenvalue weighted by Crippen LogP contribution is 2.61. The van der Waals surface area contributed by atoms with Gasteiger partial charge in [0.25, 0.3) is 0 Å². The second-order valence-corrected chi connectivity index (χ2v) is 7.72. The minimum atomic E-state index is 0.314. The van der Waals surface area contributed by atoms with Crippen LogP contribution in [0.25, 0.3) is 0 Å². The van der Waals surface area contributed by atoms with Gasteiger partial charge in [-0.1, -0.05) is 0 Å². The van der Waals surface area contributed by atoms with Crippen LogP contribution < -0.4 is 5.73 Å². The minimum absolute atomic E-state index is 0.314. The van der Waals surface area contributed by atoms with Gasteiger partial charge < -0.3 is 10.2 Å². The molecular formula is C17H25NO. The Bertz CT molecular complexity index is 401. The van der Waals surface area contributed by atoms with Crippen LogP contribution in [0.5, 0.6) is 0 Å². The van der Waals surface area contributed by atoms with E-state index in [1.807, 2.05) is 6.26 Å². The highest BCUT2D eigenvalue weighted by atomic mass is 16.3. The number of hydrogen-bond acceptors (Lipinski definition) is 2. The fourth-order valence-electron chi connectivity index (χ4n) is 5.88. The zero-order valence-electron chi connectivity index (χ0n) is 11.7. The summed E-state index contributed by atoms with van der Waals surface area (Å²) in [6.45, 7) is 0. The Labute approximate surface area is 115 Å². The molecule has 1 aromatic rings. The standard InChI is InChI=1S/C17H25NO/c18-16(6-12-1-2-19-11-12)10-17-7-13-3-14(8-17)5-15(4-13)9-17/h1-2,11,13-16H,3-10,18H2. The minimum Gasteiger partial charge on any atom is -0.472 e. The number of hydrogen-bond donors (Lipinski definition) is 1. The molecule has 5 rings (SSSR count). The van der Waals surface area contributed by atoms with E-state index in [0.29, 0.717) is 11.5 Å². The first kappa shape index (κ1) is 12.0. The second kappa shape index (κ2) is 4.37. The maximum atomic E-state index is 6.44. The third kappa shape index (κ3) is 2.24. The molecule has 2 nitrogen and oxygen atoms in total. The highest BCUT2D eigenvalue weighted by Gasteiger charge is 2.50. The van der Waals surface area contributed by atoms with Crippen molar-refractivity contribution in [2.45, 2.75) is 57.4 Å². The van der Waals surface area contributed by atoms with Gasteiger partial charge in [-0.25, -0.2) is 0 Å². The maximum Gasteiger partial charge on any atom is 0.0935 e. The van der Waals surface area contributed by atoms with Crippen LogP contribution in [0.1, 0.15) is 50.5 Å². The van der Waals surface area contributed by atoms with E-state index in [2.05, 4.69) is 6.07 Å². The van der Waals surface area contributed by atoms with Crippen molar-refractivity contribution >= 4 is 0 Å². The van der Waals surface area contributed by atoms with Crippen LogP contribution in [0.2, 0.25) is 0 Å². The summed E-state index contributed by atoms with van der Waals surface area (Å²) in [5.74, 6) is 3.10. The van der Waals surface area contributed by atoms with E-state index < -0.39 is 0 Å². The SMILES string of the molecule is NC(Cc1ccoc1)CC12CC3CC(CC(C3)C1)C2. The number of furan rings is 1. The van der Waals surface area contributed by atoms with Crippen molar-refractivity contribution in [1.82, 2.24) is 0 Å². The first-order chi connectivity index (χ1) is 9.21. The number of rotatable bonds is 4. The normalized spacial score (nSPS) is 41.6. The molecule has 0 aliphatic heterocycles. The summed E-state index contributed by atoms with van der Waals surface area (Å²) in [4.78, 5) is 0. The molecule has 1 heterocycles. The number of nitrogens with two attached hydrogens (primary N) is 1. The highest BCUT2D eigenvalue weighted by molar-refractivity contribution is 5.09. The first-order valence-corrected chi connectivity index (χ1v) is 7.97. The summed E-state index contributed by atoms with van der Waals surface area (Å²) in [7, 11) is 0. The van der Waals surface area contributed by atoms with Gasteiger partial charge in [0.15, 0.2) is 0 Å². The van der Waals surface area contributed by atoms with Gasteiger partial charge in [-0.2, -0.15) is 0 Å². The first-order valence-electron chi connectivity index (χ1n) is 7.97. The van der Waals surface area contributed by atoms with Gasteiger partial charge >= 0.3 is 0 Å². The van der Waals surface area contributed by atoms with Crippen LogP contribution in [0.3, 0.4) is 0 Å². The lowest BCUT2D eigenvalue weighted by molar-refractivity contribution is -0.0602. The molecule has 2 N–H and O–H groups in total. The molecule has 1 atom stereocenters. The van der Waals surface area contributed by atoms with Gasteiger partial charge in [-0.05, 0) is 86.2 Å². The summed E-state index contributed by atoms with van der Waals surface area (Å²) < 4.78 is 5.15. The van der Waals surface area contributed by atoms with Crippen molar-refractivity contribution in [3.63, 3.8) is 0 Å². The average Bonchev–Trinajstić information content (AvgIpc) is 2.78. The van der Waals surface area contributed by atoms with E-state index >= 15 is 0 Å². The zero-order valence-corrected chi connectivity index (χ0v) is 11.7. The molecule has 104 valence electrons. The largest absolute Gasteiger partial charge is 0.472 e. The van der Waals surface area contributed by atoms with Crippen LogP contribution >= 0.6 is 0 Å². The predicted molar refractivity (Wildman–Crippen MR) is 75.6 cm³/mol. The molecule has 4 bridgehead atoms. The van der Waals surface area contributed by atoms with Gasteiger partial charge in [-0.3, -0.25) is 0 Å². The molecule has 2 heteroatoms. The van der Waals surface area contributed by atoms with Crippen molar-refractivity contribution in [3.8, 4) is 0 Å². The van der Waals surface area contributed by atoms with Crippen LogP contribution in [-0.4, -0.2) is 6.04 Å². The Kier molecular flexibility index (Phi) is 2.77. The van der Waals surface area contributed by atoms with Crippen molar-refractivity contribution < 1.29 is 4.42 Å². The van der Waals surface area contributed by atoms with Gasteiger partial charge in [-0.15, -0.1) is 0 Å². The molecule has 4 aliphatic rings. The lowest BCUT2D eigenvalue weighted by atomic mass is 9.48. The Morgan fingerprint density at radius 2 is 1.79 bits per heavy atom. The van der Waals surface area contributed by atoms with Gasteiger partial charge in [0.1, 0.15) is 0 Å². The van der Waals surface area contributed by atoms with Gasteiger partial charge in [0.05, 0.1) is 12.5 Å². The molecule has 4 aliphatic carbocycles. The molecule has 19 heavy (non-hydrogen) atoms. The smallest absolute Gasteiger partial charge is 0.0935 e. The summed E-state index contributed by atoms with van der Waals surface area (Å²) in [5, 5.41) is 0. The monoisotopic (exact) mass is 259 g/mol. The quantitative estimate of drug-likeness (QED) is 0.894. The van der Waals surface area contributed by atoms with Crippen molar-refractivity contribution in [2.24, 2.45) is 28.9 Å². The van der Waals surface area contributed by atoms with Crippen LogP contribution in [0.4, 0.5) is 0 Å². The van der Waals surface area contributed by atoms with Gasteiger partial charge in [0.2, 0.25) is 0 Å². The van der Waals surface area contributed by atoms with Crippen LogP contribution in [0.15, 0.2) is 23.0 Å². The van der Waals surface area contributed by atoms with Crippen molar-refractivity contribution in [3.05, 3.63) is 24.2 Å². The molecule has 0 radical (unpaired) electrons. The van der Waals surface area contributed by atoms with Crippen LogP contribution in [0, 0.1) is 23.2 Å². The molecule has 0 saturated heterocycles. The van der Waals surface area contributed by atoms with E-state index in [-0.39, 0.29) is 0 Å². The molecule has 0 amide bonds. The second-order valence-electron chi connectivity index (χ2n) is 7.72. The van der Waals surface area contributed by atoms with E-state index in [4.69, 9.17) is 10.2 Å². The van der Waals surface area contributed by atoms with Crippen LogP contribution in [-0.2, 0) is 6.42 Å². The van der Waals surface area contributed by atoms with E-state index in [1.165, 1.54) is 50.5 Å². The third-order valence-electron chi connectivity index (χ3n) is 5.94. The molecule has 4 saturated carbocycles. The third-order valence-corrected chi connectivity index (χ3v) is 5.94. The zero-order chi connectivity index (χ0) is 12.9. The van der Waals surface area contributed by atoms with E-state index in [1.54, 1.807) is 6.26 Å². The summed E-state index contributed by atoms with van der Waals surface area (Å²) >= 11 is 0. The Morgan fingerprint density at radius 1 is 1.16 bits per heavy atom.